The van der Waals surface area contributed by atoms with Gasteiger partial charge in [-0.05, 0) is 24.3 Å². The Labute approximate surface area is 138 Å². The fourth-order valence-corrected chi connectivity index (χ4v) is 2.24. The maximum absolute atomic E-state index is 10.2. The summed E-state index contributed by atoms with van der Waals surface area (Å²) >= 11 is 0. The second-order valence-corrected chi connectivity index (χ2v) is 5.00. The van der Waals surface area contributed by atoms with Crippen LogP contribution in [-0.4, -0.2) is 28.8 Å². The highest BCUT2D eigenvalue weighted by atomic mass is 16.5. The molecular weight excluding hydrogens is 306 g/mol. The molecule has 0 aliphatic rings. The minimum Gasteiger partial charge on any atom is -0.507 e. The summed E-state index contributed by atoms with van der Waals surface area (Å²) in [5, 5.41) is 19.6. The van der Waals surface area contributed by atoms with Crippen molar-refractivity contribution in [3.8, 4) is 17.6 Å². The first-order valence-corrected chi connectivity index (χ1v) is 7.25. The number of nitrogens with zero attached hydrogens (tertiary/aromatic N) is 2. The molecule has 24 heavy (non-hydrogen) atoms. The molecule has 0 fully saturated rings. The molecule has 1 aromatic heterocycles. The predicted octanol–water partition coefficient (Wildman–Crippen LogP) is 3.44. The second kappa shape index (κ2) is 6.75. The van der Waals surface area contributed by atoms with Crippen LogP contribution in [0.3, 0.4) is 0 Å². The van der Waals surface area contributed by atoms with E-state index >= 15 is 0 Å². The molecule has 0 atom stereocenters. The van der Waals surface area contributed by atoms with E-state index in [1.165, 1.54) is 0 Å². The first-order valence-electron chi connectivity index (χ1n) is 7.25. The van der Waals surface area contributed by atoms with Crippen LogP contribution in [0.2, 0.25) is 0 Å². The van der Waals surface area contributed by atoms with Gasteiger partial charge in [0.15, 0.2) is 11.6 Å². The van der Waals surface area contributed by atoms with Gasteiger partial charge in [-0.25, -0.2) is 4.98 Å². The van der Waals surface area contributed by atoms with Gasteiger partial charge in [-0.3, -0.25) is 0 Å². The number of nitrogens with one attached hydrogen (secondary N) is 1. The van der Waals surface area contributed by atoms with Gasteiger partial charge < -0.3 is 19.6 Å². The number of hydrogen-bond donors (Lipinski definition) is 2. The van der Waals surface area contributed by atoms with E-state index < -0.39 is 0 Å². The standard InChI is InChI=1S/C18H15N3O3/c1-23-12-5-4-6-13(9-12)24-11-17(22)14(10-19)18-20-15-7-2-3-8-16(15)21-18/h2-9,22H,11H2,1H3,(H,20,21). The number of fused-ring (bicyclic) bond motifs is 1. The summed E-state index contributed by atoms with van der Waals surface area (Å²) in [6.07, 6.45) is 0. The van der Waals surface area contributed by atoms with Crippen molar-refractivity contribution in [2.45, 2.75) is 0 Å². The normalized spacial score (nSPS) is 11.7. The molecule has 0 aliphatic heterocycles. The lowest BCUT2D eigenvalue weighted by molar-refractivity contribution is 0.271. The van der Waals surface area contributed by atoms with Gasteiger partial charge in [-0.1, -0.05) is 18.2 Å². The molecule has 3 rings (SSSR count). The summed E-state index contributed by atoms with van der Waals surface area (Å²) in [6.45, 7) is -0.146. The van der Waals surface area contributed by atoms with Crippen molar-refractivity contribution >= 4 is 16.6 Å². The summed E-state index contributed by atoms with van der Waals surface area (Å²) < 4.78 is 10.6. The highest BCUT2D eigenvalue weighted by molar-refractivity contribution is 5.82. The number of para-hydroxylation sites is 2. The lowest BCUT2D eigenvalue weighted by Crippen LogP contribution is -2.04. The van der Waals surface area contributed by atoms with Crippen LogP contribution in [0.5, 0.6) is 11.5 Å². The molecule has 1 heterocycles. The summed E-state index contributed by atoms with van der Waals surface area (Å²) in [5.41, 5.74) is 1.57. The number of benzene rings is 2. The minimum atomic E-state index is -0.195. The number of allylic oxidation sites excluding steroid dienone is 1. The van der Waals surface area contributed by atoms with Crippen molar-refractivity contribution < 1.29 is 14.6 Å². The molecule has 0 amide bonds. The summed E-state index contributed by atoms with van der Waals surface area (Å²) in [4.78, 5) is 7.33. The van der Waals surface area contributed by atoms with Crippen molar-refractivity contribution in [1.29, 1.82) is 5.26 Å². The molecule has 3 aromatic rings. The number of nitriles is 1. The largest absolute Gasteiger partial charge is 0.507 e. The summed E-state index contributed by atoms with van der Waals surface area (Å²) in [5.74, 6) is 1.29. The summed E-state index contributed by atoms with van der Waals surface area (Å²) in [7, 11) is 1.56. The number of imidazole rings is 1. The van der Waals surface area contributed by atoms with E-state index in [0.717, 1.165) is 11.0 Å². The Balaban J connectivity index is 1.83. The molecule has 0 saturated heterocycles. The van der Waals surface area contributed by atoms with Gasteiger partial charge in [0.2, 0.25) is 0 Å². The number of aliphatic hydroxyl groups is 1. The smallest absolute Gasteiger partial charge is 0.152 e. The van der Waals surface area contributed by atoms with E-state index in [0.29, 0.717) is 17.3 Å². The van der Waals surface area contributed by atoms with E-state index in [2.05, 4.69) is 9.97 Å². The molecule has 0 radical (unpaired) electrons. The Morgan fingerprint density at radius 2 is 2.00 bits per heavy atom. The average Bonchev–Trinajstić information content (AvgIpc) is 3.04. The van der Waals surface area contributed by atoms with E-state index in [1.807, 2.05) is 30.3 Å². The van der Waals surface area contributed by atoms with Crippen molar-refractivity contribution in [2.24, 2.45) is 0 Å². The molecule has 0 bridgehead atoms. The van der Waals surface area contributed by atoms with E-state index in [-0.39, 0.29) is 17.9 Å². The number of methoxy groups -OCH3 is 1. The Bertz CT molecular complexity index is 905. The van der Waals surface area contributed by atoms with Gasteiger partial charge in [0, 0.05) is 6.07 Å². The number of aromatic nitrogens is 2. The molecule has 6 nitrogen and oxygen atoms in total. The van der Waals surface area contributed by atoms with Gasteiger partial charge in [0.1, 0.15) is 29.7 Å². The van der Waals surface area contributed by atoms with Gasteiger partial charge >= 0.3 is 0 Å². The number of hydrogen-bond acceptors (Lipinski definition) is 5. The van der Waals surface area contributed by atoms with Crippen LogP contribution in [0, 0.1) is 11.3 Å². The van der Waals surface area contributed by atoms with Crippen LogP contribution in [0.1, 0.15) is 5.82 Å². The lowest BCUT2D eigenvalue weighted by Gasteiger charge is -2.08. The summed E-state index contributed by atoms with van der Waals surface area (Å²) in [6, 6.07) is 16.4. The Hall–Kier alpha value is -3.46. The molecule has 0 aliphatic carbocycles. The molecule has 0 unspecified atom stereocenters. The number of H-pyrrole nitrogens is 1. The molecule has 0 spiro atoms. The molecule has 2 aromatic carbocycles. The number of aromatic amines is 1. The quantitative estimate of drug-likeness (QED) is 0.555. The second-order valence-electron chi connectivity index (χ2n) is 5.00. The molecule has 6 heteroatoms. The van der Waals surface area contributed by atoms with Crippen LogP contribution < -0.4 is 9.47 Å². The number of rotatable bonds is 5. The first-order chi connectivity index (χ1) is 11.7. The third kappa shape index (κ3) is 3.15. The lowest BCUT2D eigenvalue weighted by atomic mass is 10.2. The van der Waals surface area contributed by atoms with E-state index in [4.69, 9.17) is 9.47 Å². The molecule has 120 valence electrons. The number of aliphatic hydroxyl groups excluding tert-OH is 1. The van der Waals surface area contributed by atoms with Crippen LogP contribution in [0.4, 0.5) is 0 Å². The van der Waals surface area contributed by atoms with Crippen LogP contribution in [-0.2, 0) is 0 Å². The van der Waals surface area contributed by atoms with Gasteiger partial charge in [-0.15, -0.1) is 0 Å². The monoisotopic (exact) mass is 321 g/mol. The topological polar surface area (TPSA) is 91.2 Å². The van der Waals surface area contributed by atoms with Crippen molar-refractivity contribution in [2.75, 3.05) is 13.7 Å². The fraction of sp³-hybridized carbons (Fsp3) is 0.111. The maximum Gasteiger partial charge on any atom is 0.152 e. The van der Waals surface area contributed by atoms with Gasteiger partial charge in [0.05, 0.1) is 18.1 Å². The Kier molecular flexibility index (Phi) is 4.34. The van der Waals surface area contributed by atoms with Crippen molar-refractivity contribution in [3.63, 3.8) is 0 Å². The van der Waals surface area contributed by atoms with E-state index in [9.17, 15) is 10.4 Å². The van der Waals surface area contributed by atoms with Crippen molar-refractivity contribution in [3.05, 3.63) is 60.1 Å². The zero-order valence-corrected chi connectivity index (χ0v) is 13.0. The SMILES string of the molecule is COc1cccc(OCC(O)=C(C#N)c2nc3ccccc3[nH]2)c1. The van der Waals surface area contributed by atoms with Crippen molar-refractivity contribution in [1.82, 2.24) is 9.97 Å². The third-order valence-corrected chi connectivity index (χ3v) is 3.44. The fourth-order valence-electron chi connectivity index (χ4n) is 2.24. The molecule has 0 saturated carbocycles. The Morgan fingerprint density at radius 3 is 2.75 bits per heavy atom. The Morgan fingerprint density at radius 1 is 1.21 bits per heavy atom. The van der Waals surface area contributed by atoms with Crippen LogP contribution >= 0.6 is 0 Å². The van der Waals surface area contributed by atoms with Crippen LogP contribution in [0.15, 0.2) is 54.3 Å². The maximum atomic E-state index is 10.2. The predicted molar refractivity (Wildman–Crippen MR) is 89.7 cm³/mol. The van der Waals surface area contributed by atoms with Crippen LogP contribution in [0.25, 0.3) is 16.6 Å². The van der Waals surface area contributed by atoms with Gasteiger partial charge in [0.25, 0.3) is 0 Å². The van der Waals surface area contributed by atoms with E-state index in [1.54, 1.807) is 31.4 Å². The first kappa shape index (κ1) is 15.4. The average molecular weight is 321 g/mol. The number of ether oxygens (including phenoxy) is 2. The highest BCUT2D eigenvalue weighted by Crippen LogP contribution is 2.21. The zero-order chi connectivity index (χ0) is 16.9. The molecular formula is C18H15N3O3. The minimum absolute atomic E-state index is 0.0501. The highest BCUT2D eigenvalue weighted by Gasteiger charge is 2.13. The zero-order valence-electron chi connectivity index (χ0n) is 13.0. The van der Waals surface area contributed by atoms with Gasteiger partial charge in [-0.2, -0.15) is 5.26 Å². The third-order valence-electron chi connectivity index (χ3n) is 3.44. The molecule has 2 N–H and O–H groups in total.